The summed E-state index contributed by atoms with van der Waals surface area (Å²) in [5, 5.41) is 10.3. The fourth-order valence-corrected chi connectivity index (χ4v) is 2.32. The van der Waals surface area contributed by atoms with Crippen LogP contribution in [0.2, 0.25) is 4.47 Å². The van der Waals surface area contributed by atoms with Crippen LogP contribution in [0, 0.1) is 6.92 Å². The minimum atomic E-state index is -0.324. The van der Waals surface area contributed by atoms with Crippen molar-refractivity contribution in [3.05, 3.63) is 33.2 Å². The third-order valence-electron chi connectivity index (χ3n) is 2.41. The standard InChI is InChI=1S/C13H14ClN3O2S/c1-7(2)19-9-4-5-10(8(3)6-9)15-11(18)12-16-17-13(14)20-12/h4-7H,1-3H3,(H,15,18). The van der Waals surface area contributed by atoms with E-state index < -0.39 is 0 Å². The minimum Gasteiger partial charge on any atom is -0.491 e. The molecule has 0 saturated heterocycles. The van der Waals surface area contributed by atoms with Crippen molar-refractivity contribution in [1.29, 1.82) is 0 Å². The second-order valence-corrected chi connectivity index (χ2v) is 6.02. The second kappa shape index (κ2) is 6.19. The molecule has 0 fully saturated rings. The smallest absolute Gasteiger partial charge is 0.286 e. The third kappa shape index (κ3) is 3.68. The number of carbonyl (C=O) groups excluding carboxylic acids is 1. The highest BCUT2D eigenvalue weighted by molar-refractivity contribution is 7.17. The van der Waals surface area contributed by atoms with Gasteiger partial charge in [-0.05, 0) is 56.1 Å². The van der Waals surface area contributed by atoms with Gasteiger partial charge >= 0.3 is 0 Å². The molecule has 0 saturated carbocycles. The van der Waals surface area contributed by atoms with E-state index in [0.29, 0.717) is 5.69 Å². The van der Waals surface area contributed by atoms with Crippen LogP contribution in [0.3, 0.4) is 0 Å². The van der Waals surface area contributed by atoms with Gasteiger partial charge in [0, 0.05) is 5.69 Å². The number of amides is 1. The van der Waals surface area contributed by atoms with E-state index in [1.165, 1.54) is 0 Å². The molecule has 106 valence electrons. The summed E-state index contributed by atoms with van der Waals surface area (Å²) in [5.41, 5.74) is 1.62. The molecule has 0 unspecified atom stereocenters. The molecule has 1 aromatic heterocycles. The van der Waals surface area contributed by atoms with Gasteiger partial charge in [-0.3, -0.25) is 4.79 Å². The molecule has 5 nitrogen and oxygen atoms in total. The predicted octanol–water partition coefficient (Wildman–Crippen LogP) is 3.54. The van der Waals surface area contributed by atoms with Crippen molar-refractivity contribution >= 4 is 34.5 Å². The average molecular weight is 312 g/mol. The lowest BCUT2D eigenvalue weighted by molar-refractivity contribution is 0.102. The van der Waals surface area contributed by atoms with Gasteiger partial charge in [0.05, 0.1) is 6.10 Å². The van der Waals surface area contributed by atoms with Crippen molar-refractivity contribution in [2.75, 3.05) is 5.32 Å². The van der Waals surface area contributed by atoms with E-state index in [4.69, 9.17) is 16.3 Å². The highest BCUT2D eigenvalue weighted by Gasteiger charge is 2.13. The van der Waals surface area contributed by atoms with Gasteiger partial charge in [0.25, 0.3) is 5.91 Å². The van der Waals surface area contributed by atoms with Crippen LogP contribution >= 0.6 is 22.9 Å². The van der Waals surface area contributed by atoms with Gasteiger partial charge < -0.3 is 10.1 Å². The number of anilines is 1. The van der Waals surface area contributed by atoms with Crippen LogP contribution in [0.15, 0.2) is 18.2 Å². The Morgan fingerprint density at radius 2 is 2.15 bits per heavy atom. The number of hydrogen-bond acceptors (Lipinski definition) is 5. The number of rotatable bonds is 4. The maximum Gasteiger partial charge on any atom is 0.286 e. The molecule has 0 spiro atoms. The molecule has 0 radical (unpaired) electrons. The van der Waals surface area contributed by atoms with E-state index in [-0.39, 0.29) is 21.5 Å². The number of aromatic nitrogens is 2. The first-order valence-corrected chi connectivity index (χ1v) is 7.23. The zero-order valence-corrected chi connectivity index (χ0v) is 12.9. The van der Waals surface area contributed by atoms with Gasteiger partial charge in [-0.15, -0.1) is 10.2 Å². The zero-order chi connectivity index (χ0) is 14.7. The van der Waals surface area contributed by atoms with Crippen molar-refractivity contribution in [2.45, 2.75) is 26.9 Å². The Labute approximate surface area is 125 Å². The van der Waals surface area contributed by atoms with Crippen molar-refractivity contribution in [1.82, 2.24) is 10.2 Å². The number of hydrogen-bond donors (Lipinski definition) is 1. The largest absolute Gasteiger partial charge is 0.491 e. The number of aryl methyl sites for hydroxylation is 1. The minimum absolute atomic E-state index is 0.110. The van der Waals surface area contributed by atoms with Crippen LogP contribution in [0.4, 0.5) is 5.69 Å². The Balaban J connectivity index is 2.11. The summed E-state index contributed by atoms with van der Waals surface area (Å²) in [6.07, 6.45) is 0.110. The van der Waals surface area contributed by atoms with E-state index in [0.717, 1.165) is 22.6 Å². The average Bonchev–Trinajstić information content (AvgIpc) is 2.78. The summed E-state index contributed by atoms with van der Waals surface area (Å²) in [5.74, 6) is 0.449. The highest BCUT2D eigenvalue weighted by atomic mass is 35.5. The Hall–Kier alpha value is -1.66. The molecule has 20 heavy (non-hydrogen) atoms. The lowest BCUT2D eigenvalue weighted by atomic mass is 10.2. The van der Waals surface area contributed by atoms with Gasteiger partial charge in [-0.1, -0.05) is 11.3 Å². The summed E-state index contributed by atoms with van der Waals surface area (Å²) in [6.45, 7) is 5.82. The van der Waals surface area contributed by atoms with Crippen molar-refractivity contribution in [3.63, 3.8) is 0 Å². The Morgan fingerprint density at radius 1 is 1.40 bits per heavy atom. The highest BCUT2D eigenvalue weighted by Crippen LogP contribution is 2.23. The fraction of sp³-hybridized carbons (Fsp3) is 0.308. The van der Waals surface area contributed by atoms with Gasteiger partial charge in [0.1, 0.15) is 5.75 Å². The van der Waals surface area contributed by atoms with Gasteiger partial charge in [0.2, 0.25) is 9.47 Å². The van der Waals surface area contributed by atoms with Crippen molar-refractivity contribution in [2.24, 2.45) is 0 Å². The van der Waals surface area contributed by atoms with Gasteiger partial charge in [0.15, 0.2) is 0 Å². The fourth-order valence-electron chi connectivity index (χ4n) is 1.59. The molecule has 1 aromatic carbocycles. The van der Waals surface area contributed by atoms with Crippen LogP contribution in [0.5, 0.6) is 5.75 Å². The molecule has 0 bridgehead atoms. The Kier molecular flexibility index (Phi) is 4.57. The number of benzene rings is 1. The molecule has 0 atom stereocenters. The second-order valence-electron chi connectivity index (χ2n) is 4.46. The van der Waals surface area contributed by atoms with Crippen molar-refractivity contribution < 1.29 is 9.53 Å². The molecule has 0 aliphatic heterocycles. The van der Waals surface area contributed by atoms with Gasteiger partial charge in [-0.2, -0.15) is 0 Å². The topological polar surface area (TPSA) is 64.1 Å². The molecule has 0 aliphatic rings. The first-order valence-electron chi connectivity index (χ1n) is 6.03. The molecular formula is C13H14ClN3O2S. The number of nitrogens with one attached hydrogen (secondary N) is 1. The number of halogens is 1. The molecular weight excluding hydrogens is 298 g/mol. The van der Waals surface area contributed by atoms with Crippen LogP contribution in [0.1, 0.15) is 29.2 Å². The Morgan fingerprint density at radius 3 is 2.70 bits per heavy atom. The summed E-state index contributed by atoms with van der Waals surface area (Å²) in [4.78, 5) is 11.9. The van der Waals surface area contributed by atoms with E-state index >= 15 is 0 Å². The van der Waals surface area contributed by atoms with Crippen LogP contribution < -0.4 is 10.1 Å². The first-order chi connectivity index (χ1) is 9.45. The Bertz CT molecular complexity index is 628. The molecule has 1 N–H and O–H groups in total. The molecule has 0 aliphatic carbocycles. The first kappa shape index (κ1) is 14.7. The van der Waals surface area contributed by atoms with E-state index in [9.17, 15) is 4.79 Å². The maximum atomic E-state index is 11.9. The summed E-state index contributed by atoms with van der Waals surface area (Å²) >= 11 is 6.70. The van der Waals surface area contributed by atoms with Crippen LogP contribution in [-0.2, 0) is 0 Å². The van der Waals surface area contributed by atoms with E-state index in [2.05, 4.69) is 15.5 Å². The quantitative estimate of drug-likeness (QED) is 0.938. The molecule has 2 aromatic rings. The molecule has 1 amide bonds. The lowest BCUT2D eigenvalue weighted by Crippen LogP contribution is -2.13. The van der Waals surface area contributed by atoms with Crippen LogP contribution in [0.25, 0.3) is 0 Å². The third-order valence-corrected chi connectivity index (χ3v) is 3.43. The molecule has 1 heterocycles. The van der Waals surface area contributed by atoms with Crippen LogP contribution in [-0.4, -0.2) is 22.2 Å². The van der Waals surface area contributed by atoms with Gasteiger partial charge in [-0.25, -0.2) is 0 Å². The summed E-state index contributed by atoms with van der Waals surface area (Å²) in [7, 11) is 0. The van der Waals surface area contributed by atoms with E-state index in [1.54, 1.807) is 6.07 Å². The zero-order valence-electron chi connectivity index (χ0n) is 11.3. The monoisotopic (exact) mass is 311 g/mol. The predicted molar refractivity (Wildman–Crippen MR) is 79.8 cm³/mol. The maximum absolute atomic E-state index is 11.9. The van der Waals surface area contributed by atoms with E-state index in [1.807, 2.05) is 32.9 Å². The number of ether oxygens (including phenoxy) is 1. The van der Waals surface area contributed by atoms with Crippen molar-refractivity contribution in [3.8, 4) is 5.75 Å². The lowest BCUT2D eigenvalue weighted by Gasteiger charge is -2.12. The molecule has 7 heteroatoms. The summed E-state index contributed by atoms with van der Waals surface area (Å²) in [6, 6.07) is 5.49. The normalized spacial score (nSPS) is 10.7. The molecule has 2 rings (SSSR count). The number of nitrogens with zero attached hydrogens (tertiary/aromatic N) is 2. The number of carbonyl (C=O) groups is 1. The SMILES string of the molecule is Cc1cc(OC(C)C)ccc1NC(=O)c1nnc(Cl)s1. The summed E-state index contributed by atoms with van der Waals surface area (Å²) < 4.78 is 5.84.